The molecule has 0 aliphatic rings. The Balaban J connectivity index is 3.32. The maximum atomic E-state index is 10.0. The number of carbonyl (C=O) groups is 2. The topological polar surface area (TPSA) is 34.1 Å². The second-order valence-corrected chi connectivity index (χ2v) is 2.54. The molecule has 0 aliphatic heterocycles. The van der Waals surface area contributed by atoms with Gasteiger partial charge in [-0.1, -0.05) is 0 Å². The molecule has 0 spiro atoms. The third-order valence-corrected chi connectivity index (χ3v) is 0.803. The number of hydrogen-bond donors (Lipinski definition) is 0. The van der Waals surface area contributed by atoms with Crippen molar-refractivity contribution in [1.29, 1.82) is 0 Å². The Morgan fingerprint density at radius 1 is 1.57 bits per heavy atom. The van der Waals surface area contributed by atoms with E-state index in [9.17, 15) is 9.59 Å². The van der Waals surface area contributed by atoms with Crippen molar-refractivity contribution in [1.82, 2.24) is 0 Å². The Labute approximate surface area is 52.4 Å². The predicted octanol–water partition coefficient (Wildman–Crippen LogP) is 0.0389. The van der Waals surface area contributed by atoms with E-state index in [0.29, 0.717) is 0 Å². The molecule has 0 saturated carbocycles. The quantitative estimate of drug-likeness (QED) is 0.668. The number of rotatable bonds is 2. The standard InChI is InChI=1S/C4H5O2.Ir/c1-4(6)2-3-5;/h2H2,1H3;. The first kappa shape index (κ1) is 6.99. The van der Waals surface area contributed by atoms with E-state index >= 15 is 0 Å². The van der Waals surface area contributed by atoms with Crippen LogP contribution in [0.4, 0.5) is 0 Å². The molecule has 0 aromatic rings. The van der Waals surface area contributed by atoms with Crippen LogP contribution in [0.15, 0.2) is 0 Å². The van der Waals surface area contributed by atoms with Crippen molar-refractivity contribution in [3.63, 3.8) is 0 Å². The molecule has 0 heterocycles. The van der Waals surface area contributed by atoms with Gasteiger partial charge in [-0.25, -0.2) is 0 Å². The van der Waals surface area contributed by atoms with Crippen LogP contribution in [0.1, 0.15) is 13.3 Å². The first-order chi connectivity index (χ1) is 3.13. The van der Waals surface area contributed by atoms with Crippen LogP contribution in [0.5, 0.6) is 0 Å². The molecule has 0 aromatic heterocycles. The number of Topliss-reactive ketones (excluding diaryl/α,β-unsaturated/α-hetero) is 1. The summed E-state index contributed by atoms with van der Waals surface area (Å²) in [6.07, 6.45) is 0.0833. The second kappa shape index (κ2) is 3.05. The van der Waals surface area contributed by atoms with Crippen LogP contribution in [0.25, 0.3) is 0 Å². The van der Waals surface area contributed by atoms with Gasteiger partial charge >= 0.3 is 51.9 Å². The third kappa shape index (κ3) is 5.99. The van der Waals surface area contributed by atoms with Gasteiger partial charge < -0.3 is 0 Å². The summed E-state index contributed by atoms with van der Waals surface area (Å²) in [5, 5.41) is 0. The maximum absolute atomic E-state index is 10.0. The SMILES string of the molecule is CC(=O)C[C](=O)[Ir]. The zero-order chi connectivity index (χ0) is 5.86. The molecule has 7 heavy (non-hydrogen) atoms. The molecule has 0 rings (SSSR count). The fourth-order valence-electron chi connectivity index (χ4n) is 0.185. The van der Waals surface area contributed by atoms with Crippen molar-refractivity contribution in [2.45, 2.75) is 13.3 Å². The third-order valence-electron chi connectivity index (χ3n) is 0.380. The predicted molar refractivity (Wildman–Crippen MR) is 20.3 cm³/mol. The summed E-state index contributed by atoms with van der Waals surface area (Å²) >= 11 is 1.40. The van der Waals surface area contributed by atoms with Gasteiger partial charge in [0.25, 0.3) is 0 Å². The van der Waals surface area contributed by atoms with Gasteiger partial charge in [-0.05, 0) is 0 Å². The van der Waals surface area contributed by atoms with Gasteiger partial charge in [0.15, 0.2) is 0 Å². The van der Waals surface area contributed by atoms with Gasteiger partial charge in [-0.2, -0.15) is 0 Å². The molecule has 0 aliphatic carbocycles. The van der Waals surface area contributed by atoms with Crippen LogP contribution in [-0.4, -0.2) is 10.1 Å². The molecule has 0 aromatic carbocycles. The van der Waals surface area contributed by atoms with E-state index in [0.717, 1.165) is 0 Å². The summed E-state index contributed by atoms with van der Waals surface area (Å²) in [4.78, 5) is 20.1. The monoisotopic (exact) mass is 278 g/mol. The van der Waals surface area contributed by atoms with E-state index in [-0.39, 0.29) is 16.5 Å². The van der Waals surface area contributed by atoms with Crippen molar-refractivity contribution in [2.24, 2.45) is 0 Å². The number of carbonyl (C=O) groups excluding carboxylic acids is 2. The Morgan fingerprint density at radius 2 is 2.00 bits per heavy atom. The van der Waals surface area contributed by atoms with Crippen LogP contribution in [0, 0.1) is 0 Å². The van der Waals surface area contributed by atoms with E-state index < -0.39 is 0 Å². The van der Waals surface area contributed by atoms with E-state index in [1.54, 1.807) is 0 Å². The first-order valence-electron chi connectivity index (χ1n) is 1.78. The van der Waals surface area contributed by atoms with Gasteiger partial charge in [0, 0.05) is 0 Å². The molecule has 3 heteroatoms. The molecule has 0 radical (unpaired) electrons. The van der Waals surface area contributed by atoms with E-state index in [2.05, 4.69) is 0 Å². The Bertz CT molecular complexity index is 85.9. The van der Waals surface area contributed by atoms with Crippen molar-refractivity contribution in [3.05, 3.63) is 0 Å². The van der Waals surface area contributed by atoms with Gasteiger partial charge in [0.2, 0.25) is 0 Å². The minimum absolute atomic E-state index is 0.0625. The van der Waals surface area contributed by atoms with Crippen LogP contribution in [0.2, 0.25) is 0 Å². The normalized spacial score (nSPS) is 8.43. The molecule has 0 atom stereocenters. The zero-order valence-electron chi connectivity index (χ0n) is 3.86. The summed E-state index contributed by atoms with van der Waals surface area (Å²) in [5.41, 5.74) is 0. The molecule has 0 fully saturated rings. The molecule has 42 valence electrons. The summed E-state index contributed by atoms with van der Waals surface area (Å²) in [5.74, 6) is -0.0625. The average Bonchev–Trinajstić information content (AvgIpc) is 1.27. The van der Waals surface area contributed by atoms with Gasteiger partial charge in [0.05, 0.1) is 0 Å². The van der Waals surface area contributed by atoms with Crippen molar-refractivity contribution in [2.75, 3.05) is 0 Å². The van der Waals surface area contributed by atoms with E-state index in [1.165, 1.54) is 25.8 Å². The average molecular weight is 277 g/mol. The summed E-state index contributed by atoms with van der Waals surface area (Å²) in [6.45, 7) is 1.40. The van der Waals surface area contributed by atoms with Gasteiger partial charge in [-0.3, -0.25) is 0 Å². The van der Waals surface area contributed by atoms with Crippen molar-refractivity contribution >= 4 is 10.1 Å². The molecular formula is C4H5IrO2. The summed E-state index contributed by atoms with van der Waals surface area (Å²) in [7, 11) is 0. The molecule has 2 nitrogen and oxygen atoms in total. The fraction of sp³-hybridized carbons (Fsp3) is 0.500. The fourth-order valence-corrected chi connectivity index (χ4v) is 0.781. The Morgan fingerprint density at radius 3 is 2.00 bits per heavy atom. The number of ketones is 1. The molecule has 0 unspecified atom stereocenters. The zero-order valence-corrected chi connectivity index (χ0v) is 6.25. The van der Waals surface area contributed by atoms with Crippen LogP contribution >= 0.6 is 0 Å². The molecule has 0 saturated heterocycles. The number of hydrogen-bond acceptors (Lipinski definition) is 2. The molecular weight excluding hydrogens is 272 g/mol. The van der Waals surface area contributed by atoms with Gasteiger partial charge in [-0.15, -0.1) is 0 Å². The van der Waals surface area contributed by atoms with Crippen LogP contribution in [-0.2, 0) is 28.5 Å². The van der Waals surface area contributed by atoms with E-state index in [1.807, 2.05) is 0 Å². The van der Waals surface area contributed by atoms with Crippen LogP contribution in [0.3, 0.4) is 0 Å². The van der Waals surface area contributed by atoms with Crippen LogP contribution < -0.4 is 0 Å². The molecule has 0 N–H and O–H groups in total. The second-order valence-electron chi connectivity index (χ2n) is 1.21. The Hall–Kier alpha value is -0.0106. The molecule has 0 bridgehead atoms. The summed E-state index contributed by atoms with van der Waals surface area (Å²) in [6, 6.07) is 0. The van der Waals surface area contributed by atoms with Crippen molar-refractivity contribution in [3.8, 4) is 0 Å². The minimum atomic E-state index is -0.0625. The van der Waals surface area contributed by atoms with Crippen molar-refractivity contribution < 1.29 is 28.5 Å². The van der Waals surface area contributed by atoms with E-state index in [4.69, 9.17) is 0 Å². The Kier molecular flexibility index (Phi) is 3.05. The van der Waals surface area contributed by atoms with Gasteiger partial charge in [0.1, 0.15) is 0 Å². The molecule has 0 amide bonds. The first-order valence-corrected chi connectivity index (χ1v) is 2.98. The summed E-state index contributed by atoms with van der Waals surface area (Å²) < 4.78 is -0.0625.